The number of hydrogen-bond donors (Lipinski definition) is 1. The minimum absolute atomic E-state index is 0.103. The van der Waals surface area contributed by atoms with E-state index in [-0.39, 0.29) is 5.91 Å². The normalized spacial score (nSPS) is 30.5. The summed E-state index contributed by atoms with van der Waals surface area (Å²) < 4.78 is 5.39. The molecule has 23 heavy (non-hydrogen) atoms. The van der Waals surface area contributed by atoms with Gasteiger partial charge in [-0.3, -0.25) is 9.69 Å². The van der Waals surface area contributed by atoms with Gasteiger partial charge in [0.2, 0.25) is 0 Å². The molecule has 4 rings (SSSR count). The number of hydrogen-bond acceptors (Lipinski definition) is 3. The lowest BCUT2D eigenvalue weighted by Gasteiger charge is -2.26. The molecule has 0 aromatic heterocycles. The molecule has 1 N–H and O–H groups in total. The molecule has 1 amide bonds. The van der Waals surface area contributed by atoms with Crippen LogP contribution in [-0.4, -0.2) is 43.2 Å². The van der Waals surface area contributed by atoms with Crippen LogP contribution in [0.25, 0.3) is 0 Å². The Morgan fingerprint density at radius 2 is 2.09 bits per heavy atom. The summed E-state index contributed by atoms with van der Waals surface area (Å²) in [6.07, 6.45) is 5.17. The Kier molecular flexibility index (Phi) is 4.36. The van der Waals surface area contributed by atoms with Crippen LogP contribution in [0.4, 0.5) is 0 Å². The molecule has 1 aromatic rings. The molecule has 3 fully saturated rings. The molecule has 1 heterocycles. The minimum atomic E-state index is 0.103. The van der Waals surface area contributed by atoms with Crippen molar-refractivity contribution in [1.82, 2.24) is 10.2 Å². The number of nitrogens with zero attached hydrogens (tertiary/aromatic N) is 1. The summed E-state index contributed by atoms with van der Waals surface area (Å²) in [5, 5.41) is 3.28. The Morgan fingerprint density at radius 1 is 1.22 bits per heavy atom. The van der Waals surface area contributed by atoms with Gasteiger partial charge >= 0.3 is 0 Å². The molecule has 2 aliphatic carbocycles. The third-order valence-corrected chi connectivity index (χ3v) is 5.75. The molecule has 1 saturated heterocycles. The van der Waals surface area contributed by atoms with Crippen LogP contribution in [0, 0.1) is 11.8 Å². The molecule has 3 atom stereocenters. The van der Waals surface area contributed by atoms with Crippen molar-refractivity contribution >= 4 is 5.91 Å². The Bertz CT molecular complexity index is 568. The number of rotatable bonds is 4. The molecule has 3 aliphatic rings. The predicted molar refractivity (Wildman–Crippen MR) is 89.2 cm³/mol. The first-order chi connectivity index (χ1) is 11.3. The van der Waals surface area contributed by atoms with Crippen molar-refractivity contribution in [1.29, 1.82) is 0 Å². The summed E-state index contributed by atoms with van der Waals surface area (Å²) in [5.41, 5.74) is 2.02. The molecule has 4 nitrogen and oxygen atoms in total. The number of carbonyl (C=O) groups is 1. The van der Waals surface area contributed by atoms with Crippen molar-refractivity contribution in [2.45, 2.75) is 38.3 Å². The third kappa shape index (κ3) is 3.43. The first-order valence-corrected chi connectivity index (χ1v) is 8.98. The summed E-state index contributed by atoms with van der Waals surface area (Å²) in [6.45, 7) is 4.47. The molecule has 0 radical (unpaired) electrons. The topological polar surface area (TPSA) is 41.6 Å². The van der Waals surface area contributed by atoms with Crippen LogP contribution < -0.4 is 5.32 Å². The number of ether oxygens (including phenoxy) is 1. The Labute approximate surface area is 138 Å². The van der Waals surface area contributed by atoms with Crippen molar-refractivity contribution < 1.29 is 9.53 Å². The Morgan fingerprint density at radius 3 is 2.83 bits per heavy atom. The van der Waals surface area contributed by atoms with E-state index in [2.05, 4.69) is 22.3 Å². The number of carbonyl (C=O) groups excluding carboxylic acids is 1. The van der Waals surface area contributed by atoms with Crippen molar-refractivity contribution in [3.63, 3.8) is 0 Å². The van der Waals surface area contributed by atoms with Crippen LogP contribution in [0.1, 0.15) is 41.6 Å². The second kappa shape index (κ2) is 6.62. The van der Waals surface area contributed by atoms with Gasteiger partial charge in [0.05, 0.1) is 13.2 Å². The van der Waals surface area contributed by atoms with Crippen LogP contribution in [0.3, 0.4) is 0 Å². The molecule has 2 saturated carbocycles. The zero-order valence-electron chi connectivity index (χ0n) is 13.7. The van der Waals surface area contributed by atoms with Gasteiger partial charge in [-0.2, -0.15) is 0 Å². The molecule has 0 spiro atoms. The van der Waals surface area contributed by atoms with E-state index in [0.717, 1.165) is 50.2 Å². The van der Waals surface area contributed by atoms with E-state index in [9.17, 15) is 4.79 Å². The lowest BCUT2D eigenvalue weighted by atomic mass is 9.95. The minimum Gasteiger partial charge on any atom is -0.379 e. The maximum Gasteiger partial charge on any atom is 0.251 e. The number of amides is 1. The standard InChI is InChI=1S/C19H26N2O2/c22-19(20-18-12-14-4-5-16(18)10-14)17-3-1-2-15(11-17)13-21-6-8-23-9-7-21/h1-3,11,14,16,18H,4-10,12-13H2,(H,20,22)/t14-,16-,18-/m0/s1. The van der Waals surface area contributed by atoms with Gasteiger partial charge in [0.25, 0.3) is 5.91 Å². The van der Waals surface area contributed by atoms with Gasteiger partial charge in [0.1, 0.15) is 0 Å². The quantitative estimate of drug-likeness (QED) is 0.928. The highest BCUT2D eigenvalue weighted by Gasteiger charge is 2.40. The van der Waals surface area contributed by atoms with E-state index < -0.39 is 0 Å². The fraction of sp³-hybridized carbons (Fsp3) is 0.632. The lowest BCUT2D eigenvalue weighted by Crippen LogP contribution is -2.38. The first-order valence-electron chi connectivity index (χ1n) is 8.98. The van der Waals surface area contributed by atoms with Gasteiger partial charge in [0, 0.05) is 31.2 Å². The zero-order valence-corrected chi connectivity index (χ0v) is 13.7. The van der Waals surface area contributed by atoms with Crippen LogP contribution >= 0.6 is 0 Å². The first kappa shape index (κ1) is 15.2. The predicted octanol–water partition coefficient (Wildman–Crippen LogP) is 2.44. The van der Waals surface area contributed by atoms with Gasteiger partial charge in [-0.1, -0.05) is 18.6 Å². The molecule has 1 aromatic carbocycles. The summed E-state index contributed by atoms with van der Waals surface area (Å²) in [7, 11) is 0. The molecule has 4 heteroatoms. The summed E-state index contributed by atoms with van der Waals surface area (Å²) in [4.78, 5) is 15.0. The molecule has 2 bridgehead atoms. The van der Waals surface area contributed by atoms with E-state index in [1.165, 1.54) is 31.2 Å². The van der Waals surface area contributed by atoms with Gasteiger partial charge in [-0.25, -0.2) is 0 Å². The van der Waals surface area contributed by atoms with Crippen molar-refractivity contribution in [2.24, 2.45) is 11.8 Å². The SMILES string of the molecule is O=C(N[C@H]1C[C@H]2CC[C@H]1C2)c1cccc(CN2CCOCC2)c1. The van der Waals surface area contributed by atoms with Crippen molar-refractivity contribution in [3.05, 3.63) is 35.4 Å². The number of nitrogens with one attached hydrogen (secondary N) is 1. The van der Waals surface area contributed by atoms with Crippen LogP contribution in [0.5, 0.6) is 0 Å². The highest BCUT2D eigenvalue weighted by molar-refractivity contribution is 5.94. The fourth-order valence-corrected chi connectivity index (χ4v) is 4.50. The summed E-state index contributed by atoms with van der Waals surface area (Å²) in [5.74, 6) is 1.69. The number of benzene rings is 1. The molecule has 124 valence electrons. The maximum absolute atomic E-state index is 12.6. The molecule has 1 aliphatic heterocycles. The smallest absolute Gasteiger partial charge is 0.251 e. The van der Waals surface area contributed by atoms with Gasteiger partial charge < -0.3 is 10.1 Å². The monoisotopic (exact) mass is 314 g/mol. The lowest BCUT2D eigenvalue weighted by molar-refractivity contribution is 0.0342. The second-order valence-electron chi connectivity index (χ2n) is 7.34. The average Bonchev–Trinajstić information content (AvgIpc) is 3.19. The Hall–Kier alpha value is -1.39. The van der Waals surface area contributed by atoms with Crippen LogP contribution in [0.15, 0.2) is 24.3 Å². The van der Waals surface area contributed by atoms with Crippen molar-refractivity contribution in [3.8, 4) is 0 Å². The Balaban J connectivity index is 1.38. The summed E-state index contributed by atoms with van der Waals surface area (Å²) >= 11 is 0. The van der Waals surface area contributed by atoms with Gasteiger partial charge in [0.15, 0.2) is 0 Å². The third-order valence-electron chi connectivity index (χ3n) is 5.75. The van der Waals surface area contributed by atoms with E-state index in [1.807, 2.05) is 12.1 Å². The van der Waals surface area contributed by atoms with Crippen molar-refractivity contribution in [2.75, 3.05) is 26.3 Å². The van der Waals surface area contributed by atoms with Gasteiger partial charge in [-0.15, -0.1) is 0 Å². The van der Waals surface area contributed by atoms with Crippen LogP contribution in [-0.2, 0) is 11.3 Å². The zero-order chi connectivity index (χ0) is 15.6. The average molecular weight is 314 g/mol. The maximum atomic E-state index is 12.6. The van der Waals surface area contributed by atoms with E-state index in [1.54, 1.807) is 0 Å². The largest absolute Gasteiger partial charge is 0.379 e. The number of fused-ring (bicyclic) bond motifs is 2. The second-order valence-corrected chi connectivity index (χ2v) is 7.34. The molecular formula is C19H26N2O2. The molecule has 0 unspecified atom stereocenters. The summed E-state index contributed by atoms with van der Waals surface area (Å²) in [6, 6.07) is 8.52. The molecular weight excluding hydrogens is 288 g/mol. The van der Waals surface area contributed by atoms with E-state index >= 15 is 0 Å². The van der Waals surface area contributed by atoms with Gasteiger partial charge in [-0.05, 0) is 48.8 Å². The van der Waals surface area contributed by atoms with E-state index in [4.69, 9.17) is 4.74 Å². The highest BCUT2D eigenvalue weighted by Crippen LogP contribution is 2.44. The fourth-order valence-electron chi connectivity index (χ4n) is 4.50. The highest BCUT2D eigenvalue weighted by atomic mass is 16.5. The van der Waals surface area contributed by atoms with E-state index in [0.29, 0.717) is 6.04 Å². The van der Waals surface area contributed by atoms with Crippen LogP contribution in [0.2, 0.25) is 0 Å². The number of morpholine rings is 1.